The van der Waals surface area contributed by atoms with E-state index in [1.165, 1.54) is 6.20 Å². The molecule has 0 spiro atoms. The van der Waals surface area contributed by atoms with Crippen molar-refractivity contribution < 1.29 is 4.42 Å². The van der Waals surface area contributed by atoms with Crippen LogP contribution in [0.3, 0.4) is 0 Å². The Kier molecular flexibility index (Phi) is 11.0. The number of aromatic nitrogens is 9. The summed E-state index contributed by atoms with van der Waals surface area (Å²) in [4.78, 5) is 25.4. The number of anilines is 1. The summed E-state index contributed by atoms with van der Waals surface area (Å²) >= 11 is 0. The van der Waals surface area contributed by atoms with Gasteiger partial charge in [0.15, 0.2) is 11.2 Å². The zero-order valence-electron chi connectivity index (χ0n) is 47.6. The summed E-state index contributed by atoms with van der Waals surface area (Å²) in [5.41, 5.74) is 35.4. The molecule has 0 atom stereocenters. The van der Waals surface area contributed by atoms with E-state index in [9.17, 15) is 0 Å². The lowest BCUT2D eigenvalue weighted by Gasteiger charge is -2.10. The molecule has 0 amide bonds. The molecular weight excluding hydrogens is 1090 g/mol. The van der Waals surface area contributed by atoms with Crippen LogP contribution >= 0.6 is 0 Å². The molecule has 18 aromatic rings. The first-order chi connectivity index (χ1) is 44.0. The van der Waals surface area contributed by atoms with Crippen molar-refractivity contribution in [3.8, 4) is 67.5 Å². The number of nitrogen functional groups attached to an aromatic ring is 1. The fourth-order valence-electron chi connectivity index (χ4n) is 13.7. The first kappa shape index (κ1) is 50.0. The van der Waals surface area contributed by atoms with Crippen molar-refractivity contribution in [1.82, 2.24) is 43.2 Å². The van der Waals surface area contributed by atoms with Crippen molar-refractivity contribution in [3.63, 3.8) is 0 Å². The number of pyridine rings is 5. The van der Waals surface area contributed by atoms with Crippen LogP contribution in [0, 0.1) is 0 Å². The summed E-state index contributed by atoms with van der Waals surface area (Å²) in [6.45, 7) is 0. The molecule has 89 heavy (non-hydrogen) atoms. The van der Waals surface area contributed by atoms with Gasteiger partial charge in [0.25, 0.3) is 0 Å². The lowest BCUT2D eigenvalue weighted by molar-refractivity contribution is 0.669. The monoisotopic (exact) mass is 1140 g/mol. The normalized spacial score (nSPS) is 12.1. The Balaban J connectivity index is 0.929. The SMILES string of the molecule is N/C=C\c1c(N)c2cc(-c3cc(-c4ccc5c(c4)c4cnccc4n5-c4ccccc4)c4oc5c(-c6ccc7c(c6)c6cnccc6n7-c6ccccc6)cc(-c6ccc7c(c6)c6cnccc6n7-c6ccccc6)nc5c4n3)ccc2n1-c1ccccc1. The minimum Gasteiger partial charge on any atom is -0.451 e. The van der Waals surface area contributed by atoms with Crippen molar-refractivity contribution in [1.29, 1.82) is 0 Å². The Morgan fingerprint density at radius 2 is 0.674 bits per heavy atom. The molecule has 0 aliphatic carbocycles. The van der Waals surface area contributed by atoms with Gasteiger partial charge in [-0.1, -0.05) is 97.1 Å². The molecule has 10 heterocycles. The fraction of sp³-hybridized carbons (Fsp3) is 0. The summed E-state index contributed by atoms with van der Waals surface area (Å²) in [7, 11) is 0. The average molecular weight is 1140 g/mol. The Morgan fingerprint density at radius 1 is 0.337 bits per heavy atom. The number of para-hydroxylation sites is 4. The van der Waals surface area contributed by atoms with Gasteiger partial charge in [-0.15, -0.1) is 0 Å². The number of benzene rings is 8. The highest BCUT2D eigenvalue weighted by Gasteiger charge is 2.26. The first-order valence-electron chi connectivity index (χ1n) is 29.5. The van der Waals surface area contributed by atoms with E-state index in [4.69, 9.17) is 25.9 Å². The van der Waals surface area contributed by atoms with Crippen LogP contribution in [0.4, 0.5) is 5.69 Å². The van der Waals surface area contributed by atoms with Gasteiger partial charge in [-0.05, 0) is 151 Å². The van der Waals surface area contributed by atoms with Crippen LogP contribution in [0.15, 0.2) is 272 Å². The maximum atomic E-state index is 7.50. The zero-order valence-corrected chi connectivity index (χ0v) is 47.6. The third-order valence-corrected chi connectivity index (χ3v) is 17.6. The van der Waals surface area contributed by atoms with Crippen LogP contribution in [0.5, 0.6) is 0 Å². The van der Waals surface area contributed by atoms with Gasteiger partial charge in [0.2, 0.25) is 0 Å². The molecule has 0 aliphatic heterocycles. The summed E-state index contributed by atoms with van der Waals surface area (Å²) in [6.07, 6.45) is 14.8. The molecule has 0 bridgehead atoms. The van der Waals surface area contributed by atoms with Gasteiger partial charge in [0.1, 0.15) is 11.0 Å². The number of hydrogen-bond acceptors (Lipinski definition) is 8. The predicted molar refractivity (Wildman–Crippen MR) is 362 cm³/mol. The van der Waals surface area contributed by atoms with Gasteiger partial charge < -0.3 is 34.2 Å². The Morgan fingerprint density at radius 3 is 1.07 bits per heavy atom. The maximum Gasteiger partial charge on any atom is 0.163 e. The molecule has 0 saturated carbocycles. The Hall–Kier alpha value is -12.4. The third kappa shape index (κ3) is 7.63. The van der Waals surface area contributed by atoms with E-state index in [1.807, 2.05) is 79.7 Å². The number of furan rings is 1. The van der Waals surface area contributed by atoms with E-state index in [0.29, 0.717) is 33.6 Å². The molecule has 12 nitrogen and oxygen atoms in total. The van der Waals surface area contributed by atoms with Crippen LogP contribution in [0.2, 0.25) is 0 Å². The molecule has 418 valence electrons. The van der Waals surface area contributed by atoms with E-state index in [0.717, 1.165) is 144 Å². The van der Waals surface area contributed by atoms with Crippen LogP contribution in [0.1, 0.15) is 5.69 Å². The second-order valence-electron chi connectivity index (χ2n) is 22.5. The fourth-order valence-corrected chi connectivity index (χ4v) is 13.7. The highest BCUT2D eigenvalue weighted by Crippen LogP contribution is 2.46. The van der Waals surface area contributed by atoms with E-state index < -0.39 is 0 Å². The van der Waals surface area contributed by atoms with Crippen molar-refractivity contribution >= 4 is 110 Å². The number of rotatable bonds is 9. The standard InChI is InChI=1S/C77H49N11O/c78-33-29-72-73(79)59-40-49(24-28-68(59)88(72)53-19-11-4-12-20-53)64-42-55(47-22-26-66-57(38-47)61-44-81-35-31-70(61)86(66)51-15-7-2-8-16-51)77-75(84-64)74-76(89-77)54(46-21-25-65-56(37-46)60-43-80-34-30-69(60)85(65)50-13-5-1-6-14-50)41-63(83-74)48-23-27-67-58(39-48)62-45-82-36-32-71(62)87(67)52-17-9-3-10-18-52/h1-45H,78-79H2/b33-29-. The van der Waals surface area contributed by atoms with E-state index >= 15 is 0 Å². The van der Waals surface area contributed by atoms with Gasteiger partial charge in [-0.3, -0.25) is 15.0 Å². The molecule has 0 fully saturated rings. The average Bonchev–Trinajstić information content (AvgIpc) is 1.73. The number of hydrogen-bond donors (Lipinski definition) is 2. The lowest BCUT2D eigenvalue weighted by Crippen LogP contribution is -1.98. The smallest absolute Gasteiger partial charge is 0.163 e. The Bertz CT molecular complexity index is 5940. The van der Waals surface area contributed by atoms with Gasteiger partial charge in [0, 0.05) is 120 Å². The molecule has 18 rings (SSSR count). The molecule has 0 aliphatic rings. The van der Waals surface area contributed by atoms with Crippen LogP contribution in [-0.4, -0.2) is 43.2 Å². The zero-order chi connectivity index (χ0) is 58.8. The summed E-state index contributed by atoms with van der Waals surface area (Å²) in [6, 6.07) is 78.5. The molecular formula is C77H49N11O. The summed E-state index contributed by atoms with van der Waals surface area (Å²) < 4.78 is 16.6. The van der Waals surface area contributed by atoms with E-state index in [-0.39, 0.29) is 0 Å². The largest absolute Gasteiger partial charge is 0.451 e. The van der Waals surface area contributed by atoms with Crippen molar-refractivity contribution in [2.45, 2.75) is 0 Å². The molecule has 8 aromatic carbocycles. The molecule has 4 N–H and O–H groups in total. The van der Waals surface area contributed by atoms with Crippen molar-refractivity contribution in [2.24, 2.45) is 5.73 Å². The second kappa shape index (κ2) is 19.6. The number of fused-ring (bicyclic) bond motifs is 13. The van der Waals surface area contributed by atoms with E-state index in [1.54, 1.807) is 0 Å². The summed E-state index contributed by atoms with van der Waals surface area (Å²) in [5, 5.41) is 7.13. The molecule has 0 saturated heterocycles. The molecule has 0 radical (unpaired) electrons. The van der Waals surface area contributed by atoms with Crippen molar-refractivity contribution in [2.75, 3.05) is 5.73 Å². The Labute approximate surface area is 507 Å². The van der Waals surface area contributed by atoms with Gasteiger partial charge in [-0.25, -0.2) is 9.97 Å². The van der Waals surface area contributed by atoms with Crippen LogP contribution < -0.4 is 11.5 Å². The van der Waals surface area contributed by atoms with Gasteiger partial charge >= 0.3 is 0 Å². The minimum absolute atomic E-state index is 0.600. The maximum absolute atomic E-state index is 7.50. The minimum atomic E-state index is 0.600. The quantitative estimate of drug-likeness (QED) is 0.145. The highest BCUT2D eigenvalue weighted by atomic mass is 16.3. The number of nitrogens with zero attached hydrogens (tertiary/aromatic N) is 9. The summed E-state index contributed by atoms with van der Waals surface area (Å²) in [5.74, 6) is 0. The van der Waals surface area contributed by atoms with Crippen LogP contribution in [-0.2, 0) is 0 Å². The lowest BCUT2D eigenvalue weighted by atomic mass is 9.98. The first-order valence-corrected chi connectivity index (χ1v) is 29.5. The molecule has 0 unspecified atom stereocenters. The van der Waals surface area contributed by atoms with Gasteiger partial charge in [-0.2, -0.15) is 0 Å². The topological polar surface area (TPSA) is 149 Å². The van der Waals surface area contributed by atoms with Gasteiger partial charge in [0.05, 0.1) is 61.4 Å². The van der Waals surface area contributed by atoms with Crippen LogP contribution in [0.25, 0.3) is 172 Å². The predicted octanol–water partition coefficient (Wildman–Crippen LogP) is 18.0. The highest BCUT2D eigenvalue weighted by molar-refractivity contribution is 6.17. The number of nitrogens with two attached hydrogens (primary N) is 2. The van der Waals surface area contributed by atoms with E-state index in [2.05, 4.69) is 221 Å². The van der Waals surface area contributed by atoms with Crippen molar-refractivity contribution in [3.05, 3.63) is 274 Å². The molecule has 10 aromatic heterocycles. The third-order valence-electron chi connectivity index (χ3n) is 17.6. The second-order valence-corrected chi connectivity index (χ2v) is 22.5. The molecule has 12 heteroatoms.